The number of hydrogen-bond donors (Lipinski definition) is 1. The number of rotatable bonds is 1. The molecular formula is C12H11N3O2. The molecular weight excluding hydrogens is 218 g/mol. The summed E-state index contributed by atoms with van der Waals surface area (Å²) in [5, 5.41) is 0. The molecule has 0 aliphatic carbocycles. The Bertz CT molecular complexity index is 545. The monoisotopic (exact) mass is 229 g/mol. The summed E-state index contributed by atoms with van der Waals surface area (Å²) in [7, 11) is 0. The van der Waals surface area contributed by atoms with Gasteiger partial charge in [-0.25, -0.2) is 9.97 Å². The topological polar surface area (TPSA) is 70.3 Å². The molecule has 0 saturated heterocycles. The molecule has 1 aromatic carbocycles. The van der Waals surface area contributed by atoms with Gasteiger partial charge in [0.05, 0.1) is 5.69 Å². The van der Waals surface area contributed by atoms with E-state index < -0.39 is 0 Å². The average Bonchev–Trinajstić information content (AvgIpc) is 2.38. The van der Waals surface area contributed by atoms with E-state index in [2.05, 4.69) is 9.97 Å². The summed E-state index contributed by atoms with van der Waals surface area (Å²) in [4.78, 5) is 7.99. The van der Waals surface area contributed by atoms with E-state index in [9.17, 15) is 0 Å². The van der Waals surface area contributed by atoms with E-state index in [1.54, 1.807) is 6.07 Å². The van der Waals surface area contributed by atoms with Crippen molar-refractivity contribution >= 4 is 5.82 Å². The van der Waals surface area contributed by atoms with Crippen molar-refractivity contribution in [3.63, 3.8) is 0 Å². The highest BCUT2D eigenvalue weighted by Crippen LogP contribution is 2.35. The van der Waals surface area contributed by atoms with Crippen molar-refractivity contribution in [3.05, 3.63) is 42.4 Å². The Labute approximate surface area is 98.2 Å². The van der Waals surface area contributed by atoms with E-state index in [1.165, 1.54) is 6.33 Å². The molecule has 2 aromatic rings. The van der Waals surface area contributed by atoms with Crippen molar-refractivity contribution in [2.45, 2.75) is 6.10 Å². The Hall–Kier alpha value is -2.30. The van der Waals surface area contributed by atoms with Crippen LogP contribution in [0.5, 0.6) is 11.5 Å². The maximum absolute atomic E-state index is 5.80. The highest BCUT2D eigenvalue weighted by Gasteiger charge is 2.23. The molecule has 0 bridgehead atoms. The van der Waals surface area contributed by atoms with Gasteiger partial charge in [0, 0.05) is 6.07 Å². The fourth-order valence-electron chi connectivity index (χ4n) is 1.73. The first-order valence-corrected chi connectivity index (χ1v) is 5.29. The molecule has 2 N–H and O–H groups in total. The van der Waals surface area contributed by atoms with Crippen molar-refractivity contribution < 1.29 is 9.47 Å². The van der Waals surface area contributed by atoms with Crippen molar-refractivity contribution in [1.82, 2.24) is 9.97 Å². The van der Waals surface area contributed by atoms with Crippen LogP contribution in [-0.4, -0.2) is 16.6 Å². The number of aromatic nitrogens is 2. The van der Waals surface area contributed by atoms with E-state index in [0.29, 0.717) is 12.4 Å². The minimum Gasteiger partial charge on any atom is -0.485 e. The van der Waals surface area contributed by atoms with E-state index in [4.69, 9.17) is 15.2 Å². The first-order valence-electron chi connectivity index (χ1n) is 5.29. The van der Waals surface area contributed by atoms with Gasteiger partial charge in [0.1, 0.15) is 18.8 Å². The lowest BCUT2D eigenvalue weighted by atomic mass is 10.2. The predicted molar refractivity (Wildman–Crippen MR) is 61.8 cm³/mol. The van der Waals surface area contributed by atoms with Crippen LogP contribution in [0.15, 0.2) is 36.7 Å². The normalized spacial score (nSPS) is 17.8. The molecule has 86 valence electrons. The predicted octanol–water partition coefficient (Wildman–Crippen LogP) is 1.57. The van der Waals surface area contributed by atoms with Gasteiger partial charge in [-0.05, 0) is 12.1 Å². The third-order valence-corrected chi connectivity index (χ3v) is 2.55. The number of nitrogens with two attached hydrogens (primary N) is 1. The van der Waals surface area contributed by atoms with Gasteiger partial charge in [-0.15, -0.1) is 0 Å². The summed E-state index contributed by atoms with van der Waals surface area (Å²) in [6.07, 6.45) is 1.18. The van der Waals surface area contributed by atoms with Crippen LogP contribution in [0.1, 0.15) is 11.8 Å². The average molecular weight is 229 g/mol. The third kappa shape index (κ3) is 1.87. The van der Waals surface area contributed by atoms with Gasteiger partial charge in [0.15, 0.2) is 17.6 Å². The molecule has 5 nitrogen and oxygen atoms in total. The van der Waals surface area contributed by atoms with Crippen LogP contribution in [-0.2, 0) is 0 Å². The molecule has 1 aromatic heterocycles. The number of ether oxygens (including phenoxy) is 2. The fraction of sp³-hybridized carbons (Fsp3) is 0.167. The summed E-state index contributed by atoms with van der Waals surface area (Å²) >= 11 is 0. The summed E-state index contributed by atoms with van der Waals surface area (Å²) in [5.41, 5.74) is 6.34. The second kappa shape index (κ2) is 3.93. The Kier molecular flexibility index (Phi) is 2.29. The SMILES string of the molecule is Nc1cc(C2COc3ccccc3O2)ncn1. The van der Waals surface area contributed by atoms with Crippen LogP contribution < -0.4 is 15.2 Å². The van der Waals surface area contributed by atoms with Gasteiger partial charge < -0.3 is 15.2 Å². The number of anilines is 1. The quantitative estimate of drug-likeness (QED) is 0.803. The van der Waals surface area contributed by atoms with E-state index >= 15 is 0 Å². The highest BCUT2D eigenvalue weighted by atomic mass is 16.6. The molecule has 17 heavy (non-hydrogen) atoms. The summed E-state index contributed by atoms with van der Waals surface area (Å²) < 4.78 is 11.4. The zero-order valence-corrected chi connectivity index (χ0v) is 9.04. The molecule has 3 rings (SSSR count). The minimum atomic E-state index is -0.241. The van der Waals surface area contributed by atoms with Gasteiger partial charge in [-0.1, -0.05) is 12.1 Å². The maximum atomic E-state index is 5.80. The summed E-state index contributed by atoms with van der Waals surface area (Å²) in [6, 6.07) is 9.25. The molecule has 2 heterocycles. The molecule has 5 heteroatoms. The second-order valence-electron chi connectivity index (χ2n) is 3.73. The van der Waals surface area contributed by atoms with Gasteiger partial charge in [0.2, 0.25) is 0 Å². The lowest BCUT2D eigenvalue weighted by Crippen LogP contribution is -2.22. The Morgan fingerprint density at radius 3 is 2.82 bits per heavy atom. The van der Waals surface area contributed by atoms with E-state index in [-0.39, 0.29) is 6.10 Å². The molecule has 1 aliphatic heterocycles. The van der Waals surface area contributed by atoms with Crippen molar-refractivity contribution in [2.75, 3.05) is 12.3 Å². The van der Waals surface area contributed by atoms with Crippen LogP contribution >= 0.6 is 0 Å². The molecule has 0 radical (unpaired) electrons. The van der Waals surface area contributed by atoms with Crippen molar-refractivity contribution in [3.8, 4) is 11.5 Å². The largest absolute Gasteiger partial charge is 0.485 e. The second-order valence-corrected chi connectivity index (χ2v) is 3.73. The number of para-hydroxylation sites is 2. The number of fused-ring (bicyclic) bond motifs is 1. The van der Waals surface area contributed by atoms with Gasteiger partial charge in [-0.2, -0.15) is 0 Å². The molecule has 0 saturated carbocycles. The molecule has 0 fully saturated rings. The zero-order chi connectivity index (χ0) is 11.7. The molecule has 1 unspecified atom stereocenters. The first kappa shape index (κ1) is 9.89. The van der Waals surface area contributed by atoms with E-state index in [0.717, 1.165) is 17.2 Å². The minimum absolute atomic E-state index is 0.241. The van der Waals surface area contributed by atoms with Gasteiger partial charge in [-0.3, -0.25) is 0 Å². The highest BCUT2D eigenvalue weighted by molar-refractivity contribution is 5.41. The first-order chi connectivity index (χ1) is 8.33. The van der Waals surface area contributed by atoms with Crippen LogP contribution in [0.3, 0.4) is 0 Å². The lowest BCUT2D eigenvalue weighted by Gasteiger charge is -2.25. The van der Waals surface area contributed by atoms with Crippen LogP contribution in [0, 0.1) is 0 Å². The molecule has 1 atom stereocenters. The molecule has 0 spiro atoms. The van der Waals surface area contributed by atoms with Gasteiger partial charge in [0.25, 0.3) is 0 Å². The Morgan fingerprint density at radius 1 is 1.18 bits per heavy atom. The zero-order valence-electron chi connectivity index (χ0n) is 9.04. The number of nitrogens with zero attached hydrogens (tertiary/aromatic N) is 2. The smallest absolute Gasteiger partial charge is 0.175 e. The molecule has 1 aliphatic rings. The number of nitrogen functional groups attached to an aromatic ring is 1. The van der Waals surface area contributed by atoms with Gasteiger partial charge >= 0.3 is 0 Å². The van der Waals surface area contributed by atoms with Crippen molar-refractivity contribution in [2.24, 2.45) is 0 Å². The number of benzene rings is 1. The van der Waals surface area contributed by atoms with Crippen LogP contribution in [0.25, 0.3) is 0 Å². The fourth-order valence-corrected chi connectivity index (χ4v) is 1.73. The van der Waals surface area contributed by atoms with Crippen LogP contribution in [0.4, 0.5) is 5.82 Å². The number of hydrogen-bond acceptors (Lipinski definition) is 5. The Morgan fingerprint density at radius 2 is 2.00 bits per heavy atom. The Balaban J connectivity index is 1.89. The summed E-state index contributed by atoms with van der Waals surface area (Å²) in [5.74, 6) is 1.91. The van der Waals surface area contributed by atoms with Crippen LogP contribution in [0.2, 0.25) is 0 Å². The third-order valence-electron chi connectivity index (χ3n) is 2.55. The standard InChI is InChI=1S/C12H11N3O2/c13-12-5-8(14-7-15-12)11-6-16-9-3-1-2-4-10(9)17-11/h1-5,7,11H,6H2,(H2,13,14,15). The maximum Gasteiger partial charge on any atom is 0.175 e. The summed E-state index contributed by atoms with van der Waals surface area (Å²) in [6.45, 7) is 0.424. The lowest BCUT2D eigenvalue weighted by molar-refractivity contribution is 0.0883. The molecule has 0 amide bonds. The van der Waals surface area contributed by atoms with Crippen molar-refractivity contribution in [1.29, 1.82) is 0 Å². The van der Waals surface area contributed by atoms with E-state index in [1.807, 2.05) is 24.3 Å².